The number of carbonyl (C=O) groups is 1. The van der Waals surface area contributed by atoms with Crippen LogP contribution in [0.2, 0.25) is 0 Å². The second kappa shape index (κ2) is 10.2. The lowest BCUT2D eigenvalue weighted by Gasteiger charge is -2.33. The van der Waals surface area contributed by atoms with E-state index in [-0.39, 0.29) is 6.09 Å². The van der Waals surface area contributed by atoms with Crippen molar-refractivity contribution in [2.45, 2.75) is 45.8 Å². The third-order valence-electron chi connectivity index (χ3n) is 4.67. The molecule has 28 heavy (non-hydrogen) atoms. The van der Waals surface area contributed by atoms with Gasteiger partial charge in [-0.1, -0.05) is 12.1 Å². The van der Waals surface area contributed by atoms with E-state index >= 15 is 0 Å². The summed E-state index contributed by atoms with van der Waals surface area (Å²) in [6.07, 6.45) is 1.71. The van der Waals surface area contributed by atoms with Gasteiger partial charge < -0.3 is 25.0 Å². The lowest BCUT2D eigenvalue weighted by atomic mass is 9.97. The second-order valence-electron chi connectivity index (χ2n) is 8.07. The topological polar surface area (TPSA) is 75.2 Å². The highest BCUT2D eigenvalue weighted by molar-refractivity contribution is 5.79. The first-order valence-electron chi connectivity index (χ1n) is 9.86. The van der Waals surface area contributed by atoms with Crippen molar-refractivity contribution < 1.29 is 14.3 Å². The number of rotatable bonds is 5. The molecule has 1 aromatic carbocycles. The van der Waals surface area contributed by atoms with E-state index in [4.69, 9.17) is 9.47 Å². The molecule has 1 saturated heterocycles. The number of hydrogen-bond donors (Lipinski definition) is 2. The van der Waals surface area contributed by atoms with Gasteiger partial charge in [0.2, 0.25) is 0 Å². The Kier molecular flexibility index (Phi) is 7.96. The summed E-state index contributed by atoms with van der Waals surface area (Å²) >= 11 is 0. The van der Waals surface area contributed by atoms with E-state index in [0.717, 1.165) is 49.7 Å². The Morgan fingerprint density at radius 3 is 2.36 bits per heavy atom. The summed E-state index contributed by atoms with van der Waals surface area (Å²) in [5.41, 5.74) is 0.715. The average molecular weight is 391 g/mol. The van der Waals surface area contributed by atoms with Crippen LogP contribution in [0.15, 0.2) is 29.3 Å². The standard InChI is InChI=1S/C21H34N4O3/c1-21(2,3)28-20(26)25-12-10-17(11-13-25)15-24-19(22-4)23-14-16-6-8-18(27-5)9-7-16/h6-9,17H,10-15H2,1-5H3,(H2,22,23,24). The largest absolute Gasteiger partial charge is 0.497 e. The third kappa shape index (κ3) is 7.29. The molecule has 0 unspecified atom stereocenters. The number of ether oxygens (including phenoxy) is 2. The maximum atomic E-state index is 12.1. The van der Waals surface area contributed by atoms with Gasteiger partial charge in [0, 0.05) is 33.2 Å². The van der Waals surface area contributed by atoms with Crippen molar-refractivity contribution in [1.82, 2.24) is 15.5 Å². The molecule has 1 fully saturated rings. The van der Waals surface area contributed by atoms with Crippen LogP contribution in [0, 0.1) is 5.92 Å². The Morgan fingerprint density at radius 1 is 1.18 bits per heavy atom. The molecule has 156 valence electrons. The van der Waals surface area contributed by atoms with Crippen molar-refractivity contribution in [2.24, 2.45) is 10.9 Å². The van der Waals surface area contributed by atoms with Crippen molar-refractivity contribution in [3.8, 4) is 5.75 Å². The summed E-state index contributed by atoms with van der Waals surface area (Å²) in [6.45, 7) is 8.69. The summed E-state index contributed by atoms with van der Waals surface area (Å²) in [6, 6.07) is 7.97. The number of amides is 1. The van der Waals surface area contributed by atoms with Gasteiger partial charge in [-0.2, -0.15) is 0 Å². The first-order chi connectivity index (χ1) is 13.3. The van der Waals surface area contributed by atoms with E-state index in [9.17, 15) is 4.79 Å². The minimum atomic E-state index is -0.447. The normalized spacial score (nSPS) is 15.9. The van der Waals surface area contributed by atoms with E-state index in [1.165, 1.54) is 0 Å². The van der Waals surface area contributed by atoms with Gasteiger partial charge in [0.1, 0.15) is 11.4 Å². The zero-order valence-corrected chi connectivity index (χ0v) is 17.7. The summed E-state index contributed by atoms with van der Waals surface area (Å²) < 4.78 is 10.6. The summed E-state index contributed by atoms with van der Waals surface area (Å²) in [5.74, 6) is 2.15. The number of carbonyl (C=O) groups excluding carboxylic acids is 1. The minimum absolute atomic E-state index is 0.212. The molecule has 0 saturated carbocycles. The van der Waals surface area contributed by atoms with E-state index in [0.29, 0.717) is 12.5 Å². The van der Waals surface area contributed by atoms with Crippen LogP contribution >= 0.6 is 0 Å². The predicted octanol–water partition coefficient (Wildman–Crippen LogP) is 3.01. The fraction of sp³-hybridized carbons (Fsp3) is 0.619. The maximum absolute atomic E-state index is 12.1. The molecule has 1 aliphatic heterocycles. The summed E-state index contributed by atoms with van der Waals surface area (Å²) in [4.78, 5) is 18.2. The molecule has 1 aromatic rings. The first kappa shape index (κ1) is 21.9. The maximum Gasteiger partial charge on any atom is 0.410 e. The number of aliphatic imine (C=N–C) groups is 1. The molecule has 0 bridgehead atoms. The zero-order chi connectivity index (χ0) is 20.6. The average Bonchev–Trinajstić information content (AvgIpc) is 2.67. The number of nitrogens with one attached hydrogen (secondary N) is 2. The summed E-state index contributed by atoms with van der Waals surface area (Å²) in [7, 11) is 3.44. The molecule has 0 spiro atoms. The minimum Gasteiger partial charge on any atom is -0.497 e. The van der Waals surface area contributed by atoms with Crippen LogP contribution in [-0.4, -0.2) is 56.3 Å². The SMILES string of the molecule is CN=C(NCc1ccc(OC)cc1)NCC1CCN(C(=O)OC(C)(C)C)CC1. The molecule has 0 atom stereocenters. The molecule has 1 amide bonds. The van der Waals surface area contributed by atoms with Gasteiger partial charge in [-0.05, 0) is 57.2 Å². The number of methoxy groups -OCH3 is 1. The van der Waals surface area contributed by atoms with Crippen molar-refractivity contribution in [1.29, 1.82) is 0 Å². The molecule has 1 heterocycles. The Balaban J connectivity index is 1.70. The van der Waals surface area contributed by atoms with Gasteiger partial charge in [0.05, 0.1) is 7.11 Å². The van der Waals surface area contributed by atoms with Gasteiger partial charge in [-0.25, -0.2) is 4.79 Å². The smallest absolute Gasteiger partial charge is 0.410 e. The van der Waals surface area contributed by atoms with Gasteiger partial charge in [0.15, 0.2) is 5.96 Å². The lowest BCUT2D eigenvalue weighted by Crippen LogP contribution is -2.45. The second-order valence-corrected chi connectivity index (χ2v) is 8.07. The van der Waals surface area contributed by atoms with Crippen LogP contribution in [-0.2, 0) is 11.3 Å². The molecule has 0 aliphatic carbocycles. The van der Waals surface area contributed by atoms with E-state index in [1.807, 2.05) is 45.0 Å². The van der Waals surface area contributed by atoms with Crippen LogP contribution in [0.3, 0.4) is 0 Å². The monoisotopic (exact) mass is 390 g/mol. The zero-order valence-electron chi connectivity index (χ0n) is 17.7. The first-order valence-corrected chi connectivity index (χ1v) is 9.86. The number of benzene rings is 1. The fourth-order valence-corrected chi connectivity index (χ4v) is 3.04. The highest BCUT2D eigenvalue weighted by atomic mass is 16.6. The Labute approximate surface area is 168 Å². The third-order valence-corrected chi connectivity index (χ3v) is 4.67. The molecule has 0 aromatic heterocycles. The van der Waals surface area contributed by atoms with Crippen molar-refractivity contribution in [2.75, 3.05) is 33.8 Å². The van der Waals surface area contributed by atoms with Gasteiger partial charge in [-0.15, -0.1) is 0 Å². The van der Waals surface area contributed by atoms with Gasteiger partial charge in [0.25, 0.3) is 0 Å². The number of piperidine rings is 1. The Bertz CT molecular complexity index is 645. The van der Waals surface area contributed by atoms with Crippen LogP contribution in [0.5, 0.6) is 5.75 Å². The van der Waals surface area contributed by atoms with Gasteiger partial charge >= 0.3 is 6.09 Å². The molecule has 0 radical (unpaired) electrons. The number of likely N-dealkylation sites (tertiary alicyclic amines) is 1. The summed E-state index contributed by atoms with van der Waals surface area (Å²) in [5, 5.41) is 6.72. The number of hydrogen-bond acceptors (Lipinski definition) is 4. The highest BCUT2D eigenvalue weighted by Gasteiger charge is 2.26. The van der Waals surface area contributed by atoms with E-state index in [2.05, 4.69) is 15.6 Å². The predicted molar refractivity (Wildman–Crippen MR) is 112 cm³/mol. The molecule has 2 rings (SSSR count). The quantitative estimate of drug-likeness (QED) is 0.597. The van der Waals surface area contributed by atoms with Crippen LogP contribution < -0.4 is 15.4 Å². The highest BCUT2D eigenvalue weighted by Crippen LogP contribution is 2.19. The molecular weight excluding hydrogens is 356 g/mol. The van der Waals surface area contributed by atoms with Crippen LogP contribution in [0.4, 0.5) is 4.79 Å². The molecular formula is C21H34N4O3. The van der Waals surface area contributed by atoms with Crippen molar-refractivity contribution in [3.63, 3.8) is 0 Å². The fourth-order valence-electron chi connectivity index (χ4n) is 3.04. The number of guanidine groups is 1. The van der Waals surface area contributed by atoms with Crippen LogP contribution in [0.1, 0.15) is 39.2 Å². The van der Waals surface area contributed by atoms with Crippen molar-refractivity contribution >= 4 is 12.1 Å². The molecule has 7 nitrogen and oxygen atoms in total. The molecule has 2 N–H and O–H groups in total. The van der Waals surface area contributed by atoms with Crippen LogP contribution in [0.25, 0.3) is 0 Å². The molecule has 7 heteroatoms. The van der Waals surface area contributed by atoms with E-state index in [1.54, 1.807) is 19.1 Å². The van der Waals surface area contributed by atoms with Gasteiger partial charge in [-0.3, -0.25) is 4.99 Å². The Hall–Kier alpha value is -2.44. The molecule has 1 aliphatic rings. The Morgan fingerprint density at radius 2 is 1.82 bits per heavy atom. The number of nitrogens with zero attached hydrogens (tertiary/aromatic N) is 2. The van der Waals surface area contributed by atoms with Crippen molar-refractivity contribution in [3.05, 3.63) is 29.8 Å². The lowest BCUT2D eigenvalue weighted by molar-refractivity contribution is 0.0185. The van der Waals surface area contributed by atoms with E-state index < -0.39 is 5.60 Å².